The number of benzene rings is 5. The van der Waals surface area contributed by atoms with Crippen molar-refractivity contribution in [3.63, 3.8) is 0 Å². The van der Waals surface area contributed by atoms with Gasteiger partial charge in [-0.05, 0) is 41.1 Å². The third-order valence-corrected chi connectivity index (χ3v) is 8.01. The van der Waals surface area contributed by atoms with Gasteiger partial charge in [-0.2, -0.15) is 8.42 Å². The first-order valence-electron chi connectivity index (χ1n) is 11.5. The van der Waals surface area contributed by atoms with Crippen molar-refractivity contribution in [3.8, 4) is 5.75 Å². The van der Waals surface area contributed by atoms with Crippen molar-refractivity contribution in [3.05, 3.63) is 83.9 Å². The van der Waals surface area contributed by atoms with E-state index in [0.717, 1.165) is 17.5 Å². The van der Waals surface area contributed by atoms with Crippen LogP contribution in [-0.4, -0.2) is 25.9 Å². The molecule has 0 saturated carbocycles. The number of hydrogen-bond acceptors (Lipinski definition) is 11. The topological polar surface area (TPSA) is 210 Å². The normalized spacial score (nSPS) is 12.1. The van der Waals surface area contributed by atoms with Gasteiger partial charge >= 0.3 is 59.1 Å². The molecule has 0 aliphatic rings. The van der Waals surface area contributed by atoms with E-state index in [1.165, 1.54) is 12.1 Å². The number of halogens is 1. The molecule has 0 heterocycles. The molecule has 5 rings (SSSR count). The number of fused-ring (bicyclic) bond motifs is 2. The van der Waals surface area contributed by atoms with Crippen LogP contribution in [0.3, 0.4) is 0 Å². The van der Waals surface area contributed by atoms with E-state index in [1.807, 2.05) is 12.1 Å². The molecule has 3 N–H and O–H groups in total. The van der Waals surface area contributed by atoms with E-state index in [1.54, 1.807) is 42.5 Å². The first-order valence-corrected chi connectivity index (χ1v) is 14.7. The molecule has 0 amide bonds. The van der Waals surface area contributed by atoms with Gasteiger partial charge in [-0.25, -0.2) is 8.42 Å². The number of nitrogens with two attached hydrogens (primary N) is 1. The van der Waals surface area contributed by atoms with Gasteiger partial charge in [0.25, 0.3) is 10.1 Å². The van der Waals surface area contributed by atoms with Gasteiger partial charge < -0.3 is 15.4 Å². The SMILES string of the molecule is Nc1c(N=Nc2ccccc2Cl)c(S(=O)(=O)[O-])cc2cc(S(=O)(=O)O)c(N=Nc3cccc4ccccc34)c([O-])c12.[Na+].[Na+]. The van der Waals surface area contributed by atoms with E-state index in [2.05, 4.69) is 20.5 Å². The molecule has 43 heavy (non-hydrogen) atoms. The number of hydrogen-bond donors (Lipinski definition) is 2. The predicted molar refractivity (Wildman–Crippen MR) is 149 cm³/mol. The summed E-state index contributed by atoms with van der Waals surface area (Å²) < 4.78 is 70.7. The van der Waals surface area contributed by atoms with Crippen LogP contribution in [0.5, 0.6) is 5.75 Å². The Morgan fingerprint density at radius 1 is 0.721 bits per heavy atom. The summed E-state index contributed by atoms with van der Waals surface area (Å²) in [6.07, 6.45) is 0. The van der Waals surface area contributed by atoms with Crippen molar-refractivity contribution in [1.29, 1.82) is 0 Å². The molecule has 0 atom stereocenters. The van der Waals surface area contributed by atoms with Crippen LogP contribution in [0.25, 0.3) is 21.5 Å². The summed E-state index contributed by atoms with van der Waals surface area (Å²) >= 11 is 6.06. The van der Waals surface area contributed by atoms with Gasteiger partial charge in [0, 0.05) is 10.8 Å². The molecule has 0 spiro atoms. The standard InChI is InChI=1S/C26H18ClN5O7S2.2Na/c27-17-9-3-4-10-19(17)30-31-24-20(40(34,35)36)12-15-13-21(41(37,38)39)25(26(33)22(15)23(24)28)32-29-18-11-5-7-14-6-1-2-8-16(14)18;;/h1-13,33H,28H2,(H,34,35,36)(H,37,38,39);;/q;2*+1/p-2. The third-order valence-electron chi connectivity index (χ3n) is 5.98. The number of azo groups is 2. The monoisotopic (exact) mass is 655 g/mol. The average molecular weight is 656 g/mol. The second-order valence-corrected chi connectivity index (χ2v) is 11.7. The summed E-state index contributed by atoms with van der Waals surface area (Å²) in [6, 6.07) is 19.8. The van der Waals surface area contributed by atoms with E-state index >= 15 is 0 Å². The molecule has 17 heteroatoms. The molecular formula is C26H16ClN5Na2O7S2. The van der Waals surface area contributed by atoms with E-state index in [9.17, 15) is 31.0 Å². The van der Waals surface area contributed by atoms with Crippen molar-refractivity contribution in [2.24, 2.45) is 20.5 Å². The summed E-state index contributed by atoms with van der Waals surface area (Å²) in [7, 11) is -10.4. The fourth-order valence-corrected chi connectivity index (χ4v) is 5.60. The molecule has 208 valence electrons. The fraction of sp³-hybridized carbons (Fsp3) is 0. The Bertz CT molecular complexity index is 2160. The Hall–Kier alpha value is -2.47. The van der Waals surface area contributed by atoms with Crippen LogP contribution < -0.4 is 70.0 Å². The minimum atomic E-state index is -5.27. The summed E-state index contributed by atoms with van der Waals surface area (Å²) in [5.74, 6) is -1.12. The average Bonchev–Trinajstić information content (AvgIpc) is 2.91. The van der Waals surface area contributed by atoms with Crippen LogP contribution in [0.15, 0.2) is 109 Å². The van der Waals surface area contributed by atoms with Gasteiger partial charge in [0.1, 0.15) is 26.4 Å². The first kappa shape index (κ1) is 35.0. The quantitative estimate of drug-likeness (QED) is 0.112. The van der Waals surface area contributed by atoms with Crippen molar-refractivity contribution in [2.75, 3.05) is 5.73 Å². The third kappa shape index (κ3) is 7.27. The van der Waals surface area contributed by atoms with E-state index in [4.69, 9.17) is 17.3 Å². The molecule has 0 aliphatic carbocycles. The first-order chi connectivity index (χ1) is 19.4. The van der Waals surface area contributed by atoms with Crippen LogP contribution in [0, 0.1) is 0 Å². The van der Waals surface area contributed by atoms with E-state index < -0.39 is 58.2 Å². The Kier molecular flexibility index (Phi) is 11.1. The molecule has 5 aromatic carbocycles. The minimum absolute atomic E-state index is 0. The predicted octanol–water partition coefficient (Wildman–Crippen LogP) is 0.292. The van der Waals surface area contributed by atoms with Crippen LogP contribution in [-0.2, 0) is 20.2 Å². The maximum Gasteiger partial charge on any atom is 1.00 e. The van der Waals surface area contributed by atoms with Crippen molar-refractivity contribution in [2.45, 2.75) is 9.79 Å². The number of nitrogen functional groups attached to an aromatic ring is 1. The van der Waals surface area contributed by atoms with Crippen LogP contribution in [0.4, 0.5) is 28.4 Å². The van der Waals surface area contributed by atoms with Gasteiger partial charge in [0.05, 0.1) is 27.0 Å². The van der Waals surface area contributed by atoms with Crippen molar-refractivity contribution < 1.29 is 90.2 Å². The zero-order chi connectivity index (χ0) is 29.5. The summed E-state index contributed by atoms with van der Waals surface area (Å²) in [5, 5.41) is 30.0. The number of rotatable bonds is 6. The smallest absolute Gasteiger partial charge is 0.870 e. The fourth-order valence-electron chi connectivity index (χ4n) is 4.12. The summed E-state index contributed by atoms with van der Waals surface area (Å²) in [5.41, 5.74) is 4.49. The van der Waals surface area contributed by atoms with Crippen LogP contribution >= 0.6 is 11.6 Å². The molecule has 0 bridgehead atoms. The second-order valence-electron chi connectivity index (χ2n) is 8.57. The van der Waals surface area contributed by atoms with Gasteiger partial charge in [-0.1, -0.05) is 65.9 Å². The molecular weight excluding hydrogens is 640 g/mol. The minimum Gasteiger partial charge on any atom is -0.870 e. The summed E-state index contributed by atoms with van der Waals surface area (Å²) in [6.45, 7) is 0. The Balaban J connectivity index is 0.00000253. The molecule has 5 aromatic rings. The molecule has 0 fully saturated rings. The van der Waals surface area contributed by atoms with E-state index in [-0.39, 0.29) is 75.2 Å². The molecule has 0 aromatic heterocycles. The maximum absolute atomic E-state index is 13.6. The molecule has 12 nitrogen and oxygen atoms in total. The van der Waals surface area contributed by atoms with Crippen LogP contribution in [0.2, 0.25) is 5.02 Å². The zero-order valence-electron chi connectivity index (χ0n) is 22.5. The van der Waals surface area contributed by atoms with Crippen LogP contribution in [0.1, 0.15) is 0 Å². The van der Waals surface area contributed by atoms with E-state index in [0.29, 0.717) is 11.1 Å². The Morgan fingerprint density at radius 2 is 1.28 bits per heavy atom. The van der Waals surface area contributed by atoms with Crippen molar-refractivity contribution >= 4 is 81.8 Å². The van der Waals surface area contributed by atoms with Gasteiger partial charge in [0.2, 0.25) is 0 Å². The maximum atomic E-state index is 13.6. The Morgan fingerprint density at radius 3 is 1.95 bits per heavy atom. The second kappa shape index (κ2) is 13.7. The number of anilines is 1. The van der Waals surface area contributed by atoms with Gasteiger partial charge in [0.15, 0.2) is 0 Å². The zero-order valence-corrected chi connectivity index (χ0v) is 28.9. The largest absolute Gasteiger partial charge is 1.00 e. The Labute approximate surface area is 294 Å². The summed E-state index contributed by atoms with van der Waals surface area (Å²) in [4.78, 5) is -1.96. The van der Waals surface area contributed by atoms with Gasteiger partial charge in [-0.3, -0.25) is 4.55 Å². The molecule has 0 radical (unpaired) electrons. The molecule has 0 saturated heterocycles. The molecule has 0 unspecified atom stereocenters. The molecule has 0 aliphatic heterocycles. The van der Waals surface area contributed by atoms with Crippen molar-refractivity contribution in [1.82, 2.24) is 0 Å². The number of nitrogens with zero attached hydrogens (tertiary/aromatic N) is 4. The van der Waals surface area contributed by atoms with Gasteiger partial charge in [-0.15, -0.1) is 20.5 Å².